The van der Waals surface area contributed by atoms with Crippen molar-refractivity contribution in [3.8, 4) is 0 Å². The molecule has 2 aliphatic rings. The van der Waals surface area contributed by atoms with Crippen LogP contribution in [0.15, 0.2) is 16.6 Å². The van der Waals surface area contributed by atoms with E-state index in [0.29, 0.717) is 26.1 Å². The number of hydrogen-bond donors (Lipinski definition) is 1. The summed E-state index contributed by atoms with van der Waals surface area (Å²) in [5.74, 6) is 0.139. The van der Waals surface area contributed by atoms with Gasteiger partial charge in [0.1, 0.15) is 0 Å². The maximum atomic E-state index is 12.1. The van der Waals surface area contributed by atoms with E-state index in [-0.39, 0.29) is 11.9 Å². The van der Waals surface area contributed by atoms with Gasteiger partial charge in [-0.2, -0.15) is 0 Å². The number of fused-ring (bicyclic) bond motifs is 1. The molecule has 1 unspecified atom stereocenters. The Labute approximate surface area is 138 Å². The molecule has 1 aromatic carbocycles. The summed E-state index contributed by atoms with van der Waals surface area (Å²) in [6.45, 7) is 3.82. The third-order valence-corrected chi connectivity index (χ3v) is 5.08. The molecule has 0 radical (unpaired) electrons. The number of carboxylic acid groups (broad SMARTS) is 1. The minimum absolute atomic E-state index is 0.101. The van der Waals surface area contributed by atoms with Crippen molar-refractivity contribution in [2.45, 2.75) is 38.8 Å². The predicted octanol–water partition coefficient (Wildman–Crippen LogP) is 3.17. The fourth-order valence-corrected chi connectivity index (χ4v) is 4.05. The number of likely N-dealkylation sites (N-methyl/N-ethyl adjacent to an activating group) is 1. The number of benzene rings is 1. The molecule has 1 N–H and O–H groups in total. The Morgan fingerprint density at radius 2 is 2.23 bits per heavy atom. The Morgan fingerprint density at radius 1 is 1.45 bits per heavy atom. The maximum Gasteiger partial charge on any atom is 0.407 e. The molecule has 22 heavy (non-hydrogen) atoms. The molecule has 0 bridgehead atoms. The molecule has 0 aliphatic carbocycles. The number of nitrogens with zero attached hydrogens (tertiary/aromatic N) is 2. The molecule has 1 saturated heterocycles. The second-order valence-corrected chi connectivity index (χ2v) is 6.77. The molecule has 3 rings (SSSR count). The first-order valence-electron chi connectivity index (χ1n) is 7.59. The molecule has 118 valence electrons. The second kappa shape index (κ2) is 5.91. The smallest absolute Gasteiger partial charge is 0.407 e. The molecule has 1 fully saturated rings. The van der Waals surface area contributed by atoms with Crippen LogP contribution in [0.2, 0.25) is 0 Å². The number of carbonyl (C=O) groups is 2. The van der Waals surface area contributed by atoms with E-state index in [1.54, 1.807) is 0 Å². The van der Waals surface area contributed by atoms with Gasteiger partial charge in [0.15, 0.2) is 0 Å². The Bertz CT molecular complexity index is 632. The van der Waals surface area contributed by atoms with Crippen molar-refractivity contribution in [2.24, 2.45) is 0 Å². The van der Waals surface area contributed by atoms with Gasteiger partial charge >= 0.3 is 6.09 Å². The molecule has 1 aromatic rings. The van der Waals surface area contributed by atoms with E-state index in [1.165, 1.54) is 4.90 Å². The Kier molecular flexibility index (Phi) is 4.12. The molecule has 2 heterocycles. The van der Waals surface area contributed by atoms with E-state index >= 15 is 0 Å². The largest absolute Gasteiger partial charge is 0.465 e. The summed E-state index contributed by atoms with van der Waals surface area (Å²) in [7, 11) is 0. The summed E-state index contributed by atoms with van der Waals surface area (Å²) < 4.78 is 0.913. The van der Waals surface area contributed by atoms with Gasteiger partial charge in [-0.3, -0.25) is 4.79 Å². The Balaban J connectivity index is 2.05. The molecule has 5 nitrogen and oxygen atoms in total. The molecule has 0 aromatic heterocycles. The van der Waals surface area contributed by atoms with Crippen LogP contribution in [-0.2, 0) is 17.8 Å². The number of amides is 2. The van der Waals surface area contributed by atoms with Gasteiger partial charge in [0.25, 0.3) is 0 Å². The standard InChI is InChI=1S/C16H19BrN2O3/c1-2-18-9-13-10(7-15(18)20)6-11(17)8-12(13)14-4-3-5-19(14)16(21)22/h6,8,14H,2-5,7,9H2,1H3,(H,21,22). The molecule has 0 spiro atoms. The predicted molar refractivity (Wildman–Crippen MR) is 85.6 cm³/mol. The van der Waals surface area contributed by atoms with Crippen LogP contribution in [-0.4, -0.2) is 40.0 Å². The van der Waals surface area contributed by atoms with Gasteiger partial charge in [-0.05, 0) is 48.6 Å². The molecule has 6 heteroatoms. The van der Waals surface area contributed by atoms with E-state index in [4.69, 9.17) is 0 Å². The van der Waals surface area contributed by atoms with E-state index < -0.39 is 6.09 Å². The van der Waals surface area contributed by atoms with Crippen molar-refractivity contribution in [3.63, 3.8) is 0 Å². The highest BCUT2D eigenvalue weighted by Gasteiger charge is 2.34. The lowest BCUT2D eigenvalue weighted by Crippen LogP contribution is -2.37. The molecule has 0 saturated carbocycles. The van der Waals surface area contributed by atoms with Crippen LogP contribution in [0.1, 0.15) is 42.5 Å². The highest BCUT2D eigenvalue weighted by molar-refractivity contribution is 9.10. The van der Waals surface area contributed by atoms with E-state index in [1.807, 2.05) is 24.0 Å². The zero-order valence-electron chi connectivity index (χ0n) is 12.5. The Hall–Kier alpha value is -1.56. The van der Waals surface area contributed by atoms with Crippen LogP contribution < -0.4 is 0 Å². The van der Waals surface area contributed by atoms with Gasteiger partial charge < -0.3 is 14.9 Å². The minimum Gasteiger partial charge on any atom is -0.465 e. The summed E-state index contributed by atoms with van der Waals surface area (Å²) in [4.78, 5) is 26.9. The number of rotatable bonds is 2. The highest BCUT2D eigenvalue weighted by atomic mass is 79.9. The molecular formula is C16H19BrN2O3. The van der Waals surface area contributed by atoms with E-state index in [0.717, 1.165) is 34.0 Å². The quantitative estimate of drug-likeness (QED) is 0.874. The highest BCUT2D eigenvalue weighted by Crippen LogP contribution is 2.38. The number of hydrogen-bond acceptors (Lipinski definition) is 2. The van der Waals surface area contributed by atoms with Gasteiger partial charge in [-0.1, -0.05) is 15.9 Å². The second-order valence-electron chi connectivity index (χ2n) is 5.85. The lowest BCUT2D eigenvalue weighted by Gasteiger charge is -2.32. The third-order valence-electron chi connectivity index (χ3n) is 4.62. The van der Waals surface area contributed by atoms with Crippen molar-refractivity contribution in [2.75, 3.05) is 13.1 Å². The zero-order valence-corrected chi connectivity index (χ0v) is 14.1. The van der Waals surface area contributed by atoms with Crippen LogP contribution in [0.3, 0.4) is 0 Å². The minimum atomic E-state index is -0.865. The third kappa shape index (κ3) is 2.60. The summed E-state index contributed by atoms with van der Waals surface area (Å²) in [6, 6.07) is 3.91. The molecule has 2 amide bonds. The molecule has 2 aliphatic heterocycles. The van der Waals surface area contributed by atoms with Gasteiger partial charge in [0.2, 0.25) is 5.91 Å². The summed E-state index contributed by atoms with van der Waals surface area (Å²) >= 11 is 3.51. The van der Waals surface area contributed by atoms with Crippen molar-refractivity contribution in [1.82, 2.24) is 9.80 Å². The SMILES string of the molecule is CCN1Cc2c(cc(Br)cc2C2CCCN2C(=O)O)CC1=O. The lowest BCUT2D eigenvalue weighted by atomic mass is 9.90. The van der Waals surface area contributed by atoms with Gasteiger partial charge in [-0.15, -0.1) is 0 Å². The van der Waals surface area contributed by atoms with Crippen LogP contribution in [0.25, 0.3) is 0 Å². The zero-order chi connectivity index (χ0) is 15.9. The summed E-state index contributed by atoms with van der Waals surface area (Å²) in [5, 5.41) is 9.41. The first-order valence-corrected chi connectivity index (χ1v) is 8.39. The van der Waals surface area contributed by atoms with Crippen molar-refractivity contribution in [3.05, 3.63) is 33.3 Å². The summed E-state index contributed by atoms with van der Waals surface area (Å²) in [5.41, 5.74) is 3.20. The van der Waals surface area contributed by atoms with Gasteiger partial charge in [0.05, 0.1) is 12.5 Å². The summed E-state index contributed by atoms with van der Waals surface area (Å²) in [6.07, 6.45) is 1.26. The lowest BCUT2D eigenvalue weighted by molar-refractivity contribution is -0.131. The average molecular weight is 367 g/mol. The van der Waals surface area contributed by atoms with Crippen molar-refractivity contribution in [1.29, 1.82) is 0 Å². The Morgan fingerprint density at radius 3 is 2.91 bits per heavy atom. The maximum absolute atomic E-state index is 12.1. The number of carbonyl (C=O) groups excluding carboxylic acids is 1. The van der Waals surface area contributed by atoms with Crippen LogP contribution >= 0.6 is 15.9 Å². The van der Waals surface area contributed by atoms with E-state index in [9.17, 15) is 14.7 Å². The van der Waals surface area contributed by atoms with Crippen LogP contribution in [0.5, 0.6) is 0 Å². The van der Waals surface area contributed by atoms with Crippen LogP contribution in [0, 0.1) is 0 Å². The van der Waals surface area contributed by atoms with Gasteiger partial charge in [0, 0.05) is 24.1 Å². The van der Waals surface area contributed by atoms with Crippen molar-refractivity contribution >= 4 is 27.9 Å². The monoisotopic (exact) mass is 366 g/mol. The topological polar surface area (TPSA) is 60.9 Å². The molecule has 1 atom stereocenters. The normalized spacial score (nSPS) is 21.2. The fraction of sp³-hybridized carbons (Fsp3) is 0.500. The van der Waals surface area contributed by atoms with Crippen LogP contribution in [0.4, 0.5) is 4.79 Å². The fourth-order valence-electron chi connectivity index (χ4n) is 3.53. The van der Waals surface area contributed by atoms with Crippen molar-refractivity contribution < 1.29 is 14.7 Å². The number of halogens is 1. The van der Waals surface area contributed by atoms with E-state index in [2.05, 4.69) is 15.9 Å². The average Bonchev–Trinajstić information content (AvgIpc) is 2.95. The first kappa shape index (κ1) is 15.3. The van der Waals surface area contributed by atoms with Gasteiger partial charge in [-0.25, -0.2) is 4.79 Å². The first-order chi connectivity index (χ1) is 10.5. The number of likely N-dealkylation sites (tertiary alicyclic amines) is 1. The molecular weight excluding hydrogens is 348 g/mol.